The highest BCUT2D eigenvalue weighted by molar-refractivity contribution is 5.70. The highest BCUT2D eigenvalue weighted by Crippen LogP contribution is 2.14. The average Bonchev–Trinajstić information content (AvgIpc) is 3.12. The summed E-state index contributed by atoms with van der Waals surface area (Å²) in [5.41, 5.74) is 0. The molecule has 1 N–H and O–H groups in total. The number of esters is 2. The molecule has 0 aliphatic heterocycles. The lowest BCUT2D eigenvalue weighted by atomic mass is 10.0. The monoisotopic (exact) mass is 701 g/mol. The third kappa shape index (κ3) is 38.7. The van der Waals surface area contributed by atoms with Crippen LogP contribution in [0.1, 0.15) is 206 Å². The largest absolute Gasteiger partial charge is 0.462 e. The summed E-state index contributed by atoms with van der Waals surface area (Å²) >= 11 is 0. The minimum absolute atomic E-state index is 0.0857. The molecule has 5 nitrogen and oxygen atoms in total. The van der Waals surface area contributed by atoms with E-state index in [1.807, 2.05) is 0 Å². The second-order valence-corrected chi connectivity index (χ2v) is 14.1. The van der Waals surface area contributed by atoms with Gasteiger partial charge in [0.1, 0.15) is 6.61 Å². The van der Waals surface area contributed by atoms with Crippen LogP contribution in [0.2, 0.25) is 0 Å². The number of carbonyl (C=O) groups excluding carboxylic acids is 2. The zero-order chi connectivity index (χ0) is 36.4. The molecule has 5 heteroatoms. The molecule has 0 bridgehead atoms. The maximum absolute atomic E-state index is 12.2. The summed E-state index contributed by atoms with van der Waals surface area (Å²) < 4.78 is 10.6. The molecular weight excluding hydrogens is 620 g/mol. The fourth-order valence-corrected chi connectivity index (χ4v) is 5.85. The van der Waals surface area contributed by atoms with Gasteiger partial charge in [-0.15, -0.1) is 0 Å². The van der Waals surface area contributed by atoms with Crippen molar-refractivity contribution in [2.45, 2.75) is 213 Å². The summed E-state index contributed by atoms with van der Waals surface area (Å²) in [6.07, 6.45) is 51.8. The third-order valence-corrected chi connectivity index (χ3v) is 9.10. The van der Waals surface area contributed by atoms with Gasteiger partial charge in [0.05, 0.1) is 6.61 Å². The first-order valence-corrected chi connectivity index (χ1v) is 21.2. The molecule has 0 radical (unpaired) electrons. The van der Waals surface area contributed by atoms with Gasteiger partial charge in [-0.1, -0.05) is 165 Å². The van der Waals surface area contributed by atoms with Gasteiger partial charge in [0.2, 0.25) is 0 Å². The molecule has 0 aromatic heterocycles. The molecule has 0 spiro atoms. The van der Waals surface area contributed by atoms with Crippen molar-refractivity contribution >= 4 is 11.9 Å². The van der Waals surface area contributed by atoms with Gasteiger partial charge in [-0.3, -0.25) is 9.59 Å². The quantitative estimate of drug-likeness (QED) is 0.0394. The van der Waals surface area contributed by atoms with Crippen LogP contribution in [0.5, 0.6) is 0 Å². The molecule has 0 unspecified atom stereocenters. The number of hydrogen-bond acceptors (Lipinski definition) is 5. The SMILES string of the molecule is CCCCC/C=C\C/C=C\C/C=C\CCCCC(=O)OC[C@H](CO)OC(=O)CCCCCCCCCCCCC/C=C\CCCCCCCC. The Balaban J connectivity index is 3.57. The lowest BCUT2D eigenvalue weighted by Gasteiger charge is -2.15. The molecule has 0 aliphatic rings. The van der Waals surface area contributed by atoms with Crippen molar-refractivity contribution in [2.75, 3.05) is 13.2 Å². The molecule has 0 aromatic carbocycles. The van der Waals surface area contributed by atoms with Crippen LogP contribution in [0.15, 0.2) is 48.6 Å². The first kappa shape index (κ1) is 47.9. The van der Waals surface area contributed by atoms with E-state index < -0.39 is 6.10 Å². The predicted molar refractivity (Wildman–Crippen MR) is 214 cm³/mol. The second kappa shape index (κ2) is 41.3. The maximum Gasteiger partial charge on any atom is 0.306 e. The molecule has 0 saturated carbocycles. The molecule has 0 aromatic rings. The van der Waals surface area contributed by atoms with Gasteiger partial charge in [-0.25, -0.2) is 0 Å². The average molecular weight is 701 g/mol. The standard InChI is InChI=1S/C45H80O5/c1-3-5-7-9-11-13-15-17-19-20-21-22-23-24-26-28-30-32-34-36-38-40-45(48)50-43(41-46)42-49-44(47)39-37-35-33-31-29-27-25-18-16-14-12-10-8-6-4-2/h12,14,17-19,25,29,31,43,46H,3-11,13,15-16,20-24,26-28,30,32-42H2,1-2H3/b14-12-,19-17-,25-18-,31-29-/t43-/m0/s1. The zero-order valence-corrected chi connectivity index (χ0v) is 32.9. The topological polar surface area (TPSA) is 72.8 Å². The highest BCUT2D eigenvalue weighted by atomic mass is 16.6. The third-order valence-electron chi connectivity index (χ3n) is 9.10. The number of unbranched alkanes of at least 4 members (excludes halogenated alkanes) is 22. The molecule has 0 fully saturated rings. The van der Waals surface area contributed by atoms with Gasteiger partial charge < -0.3 is 14.6 Å². The van der Waals surface area contributed by atoms with E-state index in [9.17, 15) is 14.7 Å². The van der Waals surface area contributed by atoms with Crippen LogP contribution in [-0.4, -0.2) is 36.4 Å². The summed E-state index contributed by atoms with van der Waals surface area (Å²) in [5, 5.41) is 9.56. The Morgan fingerprint density at radius 3 is 1.30 bits per heavy atom. The smallest absolute Gasteiger partial charge is 0.306 e. The Hall–Kier alpha value is -2.14. The summed E-state index contributed by atoms with van der Waals surface area (Å²) in [5.74, 6) is -0.634. The fourth-order valence-electron chi connectivity index (χ4n) is 5.85. The van der Waals surface area contributed by atoms with Gasteiger partial charge in [-0.2, -0.15) is 0 Å². The van der Waals surface area contributed by atoms with Gasteiger partial charge in [-0.05, 0) is 77.0 Å². The van der Waals surface area contributed by atoms with E-state index in [4.69, 9.17) is 9.47 Å². The summed E-state index contributed by atoms with van der Waals surface area (Å²) in [4.78, 5) is 24.3. The van der Waals surface area contributed by atoms with Crippen molar-refractivity contribution in [1.82, 2.24) is 0 Å². The predicted octanol–water partition coefficient (Wildman–Crippen LogP) is 13.4. The van der Waals surface area contributed by atoms with Crippen LogP contribution < -0.4 is 0 Å². The van der Waals surface area contributed by atoms with Crippen LogP contribution in [0.4, 0.5) is 0 Å². The van der Waals surface area contributed by atoms with Crippen molar-refractivity contribution in [3.8, 4) is 0 Å². The highest BCUT2D eigenvalue weighted by Gasteiger charge is 2.16. The second-order valence-electron chi connectivity index (χ2n) is 14.1. The van der Waals surface area contributed by atoms with Gasteiger partial charge in [0.25, 0.3) is 0 Å². The van der Waals surface area contributed by atoms with E-state index in [-0.39, 0.29) is 25.2 Å². The zero-order valence-electron chi connectivity index (χ0n) is 32.9. The van der Waals surface area contributed by atoms with Crippen LogP contribution in [0.3, 0.4) is 0 Å². The molecule has 0 aliphatic carbocycles. The van der Waals surface area contributed by atoms with E-state index in [1.54, 1.807) is 0 Å². The molecule has 0 heterocycles. The fraction of sp³-hybridized carbons (Fsp3) is 0.778. The van der Waals surface area contributed by atoms with Crippen molar-refractivity contribution in [2.24, 2.45) is 0 Å². The lowest BCUT2D eigenvalue weighted by Crippen LogP contribution is -2.28. The number of allylic oxidation sites excluding steroid dienone is 8. The Kier molecular flexibility index (Phi) is 39.5. The molecule has 290 valence electrons. The Morgan fingerprint density at radius 2 is 0.800 bits per heavy atom. The summed E-state index contributed by atoms with van der Waals surface area (Å²) in [6.45, 7) is 4.07. The molecule has 0 amide bonds. The van der Waals surface area contributed by atoms with E-state index in [2.05, 4.69) is 62.5 Å². The number of carbonyl (C=O) groups is 2. The van der Waals surface area contributed by atoms with Crippen molar-refractivity contribution in [3.63, 3.8) is 0 Å². The minimum atomic E-state index is -0.787. The van der Waals surface area contributed by atoms with Crippen molar-refractivity contribution in [3.05, 3.63) is 48.6 Å². The number of aliphatic hydroxyl groups excluding tert-OH is 1. The summed E-state index contributed by atoms with van der Waals surface area (Å²) in [6, 6.07) is 0. The first-order valence-electron chi connectivity index (χ1n) is 21.2. The Bertz CT molecular complexity index is 842. The van der Waals surface area contributed by atoms with Crippen molar-refractivity contribution < 1.29 is 24.2 Å². The van der Waals surface area contributed by atoms with Gasteiger partial charge in [0.15, 0.2) is 6.10 Å². The molecule has 1 atom stereocenters. The number of ether oxygens (including phenoxy) is 2. The normalized spacial score (nSPS) is 12.6. The number of aliphatic hydroxyl groups is 1. The Morgan fingerprint density at radius 1 is 0.460 bits per heavy atom. The lowest BCUT2D eigenvalue weighted by molar-refractivity contribution is -0.161. The van der Waals surface area contributed by atoms with Crippen molar-refractivity contribution in [1.29, 1.82) is 0 Å². The minimum Gasteiger partial charge on any atom is -0.462 e. The van der Waals surface area contributed by atoms with E-state index in [1.165, 1.54) is 128 Å². The molecule has 0 rings (SSSR count). The van der Waals surface area contributed by atoms with Crippen LogP contribution in [0, 0.1) is 0 Å². The number of hydrogen-bond donors (Lipinski definition) is 1. The molecule has 0 saturated heterocycles. The first-order chi connectivity index (χ1) is 24.6. The number of rotatable bonds is 38. The van der Waals surface area contributed by atoms with Gasteiger partial charge in [0, 0.05) is 12.8 Å². The van der Waals surface area contributed by atoms with E-state index >= 15 is 0 Å². The van der Waals surface area contributed by atoms with Crippen LogP contribution >= 0.6 is 0 Å². The van der Waals surface area contributed by atoms with Crippen LogP contribution in [-0.2, 0) is 19.1 Å². The van der Waals surface area contributed by atoms with Gasteiger partial charge >= 0.3 is 11.9 Å². The molecular formula is C45H80O5. The Labute approximate surface area is 309 Å². The maximum atomic E-state index is 12.2. The molecule has 50 heavy (non-hydrogen) atoms. The van der Waals surface area contributed by atoms with Crippen LogP contribution in [0.25, 0.3) is 0 Å². The van der Waals surface area contributed by atoms with E-state index in [0.717, 1.165) is 51.4 Å². The summed E-state index contributed by atoms with van der Waals surface area (Å²) in [7, 11) is 0. The van der Waals surface area contributed by atoms with E-state index in [0.29, 0.717) is 12.8 Å².